The number of carboxylic acid groups (broad SMARTS) is 1. The van der Waals surface area contributed by atoms with Crippen LogP contribution in [0.3, 0.4) is 0 Å². The summed E-state index contributed by atoms with van der Waals surface area (Å²) in [5, 5.41) is 8.62. The average molecular weight is 264 g/mol. The summed E-state index contributed by atoms with van der Waals surface area (Å²) in [4.78, 5) is 21.5. The van der Waals surface area contributed by atoms with Gasteiger partial charge in [0, 0.05) is 6.42 Å². The normalized spacial score (nSPS) is 11.4. The highest BCUT2D eigenvalue weighted by molar-refractivity contribution is 5.89. The molecule has 0 atom stereocenters. The number of hydrogen-bond donors (Lipinski definition) is 1. The van der Waals surface area contributed by atoms with E-state index in [1.165, 1.54) is 0 Å². The van der Waals surface area contributed by atoms with Crippen molar-refractivity contribution in [2.45, 2.75) is 19.5 Å². The van der Waals surface area contributed by atoms with E-state index in [0.717, 1.165) is 6.92 Å². The molecule has 0 amide bonds. The predicted octanol–water partition coefficient (Wildman–Crippen LogP) is 2.67. The molecule has 0 heterocycles. The van der Waals surface area contributed by atoms with E-state index in [9.17, 15) is 27.2 Å². The third kappa shape index (κ3) is 3.06. The Morgan fingerprint density at radius 2 is 1.83 bits per heavy atom. The number of hydrogen-bond acceptors (Lipinski definition) is 2. The highest BCUT2D eigenvalue weighted by Crippen LogP contribution is 2.32. The van der Waals surface area contributed by atoms with Gasteiger partial charge in [-0.25, -0.2) is 9.18 Å². The summed E-state index contributed by atoms with van der Waals surface area (Å²) >= 11 is 0. The second kappa shape index (κ2) is 4.75. The zero-order chi connectivity index (χ0) is 14.1. The zero-order valence-electron chi connectivity index (χ0n) is 9.14. The SMILES string of the molecule is CC(=O)Cc1cc(C(F)(F)F)cc(C(=O)O)c1F. The van der Waals surface area contributed by atoms with Crippen LogP contribution in [0.15, 0.2) is 12.1 Å². The van der Waals surface area contributed by atoms with Gasteiger partial charge in [-0.15, -0.1) is 0 Å². The second-order valence-corrected chi connectivity index (χ2v) is 3.68. The zero-order valence-corrected chi connectivity index (χ0v) is 9.14. The molecule has 0 saturated heterocycles. The number of rotatable bonds is 3. The van der Waals surface area contributed by atoms with Crippen molar-refractivity contribution >= 4 is 11.8 Å². The summed E-state index contributed by atoms with van der Waals surface area (Å²) in [5.41, 5.74) is -2.96. The van der Waals surface area contributed by atoms with Crippen LogP contribution in [-0.2, 0) is 17.4 Å². The minimum Gasteiger partial charge on any atom is -0.478 e. The molecule has 0 fully saturated rings. The summed E-state index contributed by atoms with van der Waals surface area (Å²) in [6.45, 7) is 1.07. The summed E-state index contributed by atoms with van der Waals surface area (Å²) in [6.07, 6.45) is -5.39. The van der Waals surface area contributed by atoms with E-state index >= 15 is 0 Å². The van der Waals surface area contributed by atoms with Gasteiger partial charge in [0.05, 0.1) is 11.1 Å². The largest absolute Gasteiger partial charge is 0.478 e. The van der Waals surface area contributed by atoms with Crippen LogP contribution in [-0.4, -0.2) is 16.9 Å². The Bertz CT molecular complexity index is 506. The molecule has 0 saturated carbocycles. The maximum atomic E-state index is 13.6. The third-order valence-corrected chi connectivity index (χ3v) is 2.15. The molecule has 0 bridgehead atoms. The van der Waals surface area contributed by atoms with Gasteiger partial charge < -0.3 is 5.11 Å². The van der Waals surface area contributed by atoms with E-state index in [1.54, 1.807) is 0 Å². The van der Waals surface area contributed by atoms with Crippen LogP contribution in [0.2, 0.25) is 0 Å². The first-order chi connectivity index (χ1) is 8.12. The minimum absolute atomic E-state index is 0.210. The van der Waals surface area contributed by atoms with Crippen LogP contribution in [0.4, 0.5) is 17.6 Å². The van der Waals surface area contributed by atoms with Crippen molar-refractivity contribution in [3.63, 3.8) is 0 Å². The average Bonchev–Trinajstić information content (AvgIpc) is 2.18. The molecule has 0 unspecified atom stereocenters. The topological polar surface area (TPSA) is 54.4 Å². The van der Waals surface area contributed by atoms with Gasteiger partial charge in [-0.1, -0.05) is 0 Å². The van der Waals surface area contributed by atoms with E-state index in [-0.39, 0.29) is 6.07 Å². The Balaban J connectivity index is 3.46. The molecule has 1 aromatic rings. The minimum atomic E-state index is -4.80. The fourth-order valence-electron chi connectivity index (χ4n) is 1.40. The van der Waals surface area contributed by atoms with Crippen LogP contribution in [0.25, 0.3) is 0 Å². The van der Waals surface area contributed by atoms with Crippen molar-refractivity contribution in [2.75, 3.05) is 0 Å². The number of carbonyl (C=O) groups is 2. The molecular weight excluding hydrogens is 256 g/mol. The molecule has 3 nitrogen and oxygen atoms in total. The first-order valence-corrected chi connectivity index (χ1v) is 4.75. The highest BCUT2D eigenvalue weighted by Gasteiger charge is 2.33. The Labute approximate surface area is 99.0 Å². The molecule has 7 heteroatoms. The summed E-state index contributed by atoms with van der Waals surface area (Å²) in [7, 11) is 0. The summed E-state index contributed by atoms with van der Waals surface area (Å²) < 4.78 is 51.0. The third-order valence-electron chi connectivity index (χ3n) is 2.15. The second-order valence-electron chi connectivity index (χ2n) is 3.68. The number of aromatic carboxylic acids is 1. The molecule has 0 aromatic heterocycles. The van der Waals surface area contributed by atoms with Gasteiger partial charge in [0.2, 0.25) is 0 Å². The van der Waals surface area contributed by atoms with E-state index in [4.69, 9.17) is 5.11 Å². The fraction of sp³-hybridized carbons (Fsp3) is 0.273. The lowest BCUT2D eigenvalue weighted by atomic mass is 10.0. The lowest BCUT2D eigenvalue weighted by Gasteiger charge is -2.11. The lowest BCUT2D eigenvalue weighted by Crippen LogP contribution is -2.13. The van der Waals surface area contributed by atoms with Crippen molar-refractivity contribution in [1.29, 1.82) is 0 Å². The molecule has 18 heavy (non-hydrogen) atoms. The molecule has 0 aliphatic rings. The fourth-order valence-corrected chi connectivity index (χ4v) is 1.40. The molecule has 1 aromatic carbocycles. The van der Waals surface area contributed by atoms with Crippen LogP contribution >= 0.6 is 0 Å². The number of benzene rings is 1. The Morgan fingerprint density at radius 3 is 2.22 bits per heavy atom. The number of carbonyl (C=O) groups excluding carboxylic acids is 1. The first-order valence-electron chi connectivity index (χ1n) is 4.75. The highest BCUT2D eigenvalue weighted by atomic mass is 19.4. The summed E-state index contributed by atoms with van der Waals surface area (Å²) in [5.74, 6) is -3.70. The molecule has 0 aliphatic carbocycles. The van der Waals surface area contributed by atoms with Crippen LogP contribution in [0.5, 0.6) is 0 Å². The van der Waals surface area contributed by atoms with Crippen LogP contribution < -0.4 is 0 Å². The van der Waals surface area contributed by atoms with Crippen molar-refractivity contribution in [1.82, 2.24) is 0 Å². The van der Waals surface area contributed by atoms with E-state index in [0.29, 0.717) is 6.07 Å². The Morgan fingerprint density at radius 1 is 1.28 bits per heavy atom. The standard InChI is InChI=1S/C11H8F4O3/c1-5(16)2-6-3-7(11(13,14)15)4-8(9(6)12)10(17)18/h3-4H,2H2,1H3,(H,17,18). The van der Waals surface area contributed by atoms with Crippen LogP contribution in [0, 0.1) is 5.82 Å². The first kappa shape index (κ1) is 14.1. The molecule has 0 radical (unpaired) electrons. The van der Waals surface area contributed by atoms with Gasteiger partial charge in [-0.05, 0) is 24.6 Å². The quantitative estimate of drug-likeness (QED) is 0.854. The Kier molecular flexibility index (Phi) is 3.73. The maximum Gasteiger partial charge on any atom is 0.416 e. The van der Waals surface area contributed by atoms with Crippen molar-refractivity contribution < 1.29 is 32.3 Å². The monoisotopic (exact) mass is 264 g/mol. The maximum absolute atomic E-state index is 13.6. The molecular formula is C11H8F4O3. The molecule has 1 rings (SSSR count). The smallest absolute Gasteiger partial charge is 0.416 e. The molecule has 0 spiro atoms. The van der Waals surface area contributed by atoms with Gasteiger partial charge in [0.1, 0.15) is 11.6 Å². The summed E-state index contributed by atoms with van der Waals surface area (Å²) in [6, 6.07) is 0.657. The van der Waals surface area contributed by atoms with Gasteiger partial charge in [-0.2, -0.15) is 13.2 Å². The van der Waals surface area contributed by atoms with Gasteiger partial charge in [0.25, 0.3) is 0 Å². The van der Waals surface area contributed by atoms with E-state index in [1.807, 2.05) is 0 Å². The predicted molar refractivity (Wildman–Crippen MR) is 52.7 cm³/mol. The van der Waals surface area contributed by atoms with E-state index < -0.39 is 46.9 Å². The van der Waals surface area contributed by atoms with Crippen molar-refractivity contribution in [2.24, 2.45) is 0 Å². The van der Waals surface area contributed by atoms with Crippen LogP contribution in [0.1, 0.15) is 28.4 Å². The lowest BCUT2D eigenvalue weighted by molar-refractivity contribution is -0.137. The molecule has 1 N–H and O–H groups in total. The molecule has 98 valence electrons. The van der Waals surface area contributed by atoms with Gasteiger partial charge in [0.15, 0.2) is 0 Å². The van der Waals surface area contributed by atoms with Crippen molar-refractivity contribution in [3.05, 3.63) is 34.6 Å². The Hall–Kier alpha value is -1.92. The number of carboxylic acids is 1. The van der Waals surface area contributed by atoms with E-state index in [2.05, 4.69) is 0 Å². The molecule has 0 aliphatic heterocycles. The number of ketones is 1. The van der Waals surface area contributed by atoms with Gasteiger partial charge >= 0.3 is 12.1 Å². The number of Topliss-reactive ketones (excluding diaryl/α,β-unsaturated/α-hetero) is 1. The van der Waals surface area contributed by atoms with Gasteiger partial charge in [-0.3, -0.25) is 4.79 Å². The van der Waals surface area contributed by atoms with Crippen molar-refractivity contribution in [3.8, 4) is 0 Å². The number of halogens is 4. The number of alkyl halides is 3.